The lowest BCUT2D eigenvalue weighted by atomic mass is 10.0. The van der Waals surface area contributed by atoms with Gasteiger partial charge in [-0.05, 0) is 41.9 Å². The Kier molecular flexibility index (Phi) is 5.10. The second-order valence-corrected chi connectivity index (χ2v) is 8.00. The van der Waals surface area contributed by atoms with Gasteiger partial charge < -0.3 is 9.54 Å². The Hall–Kier alpha value is -3.15. The molecule has 0 saturated carbocycles. The number of aromatic amines is 1. The molecule has 4 rings (SSSR count). The molecule has 0 spiro atoms. The van der Waals surface area contributed by atoms with Gasteiger partial charge in [0.2, 0.25) is 0 Å². The number of nitriles is 1. The average Bonchev–Trinajstić information content (AvgIpc) is 3.41. The summed E-state index contributed by atoms with van der Waals surface area (Å²) in [5.74, 6) is 0.554. The highest BCUT2D eigenvalue weighted by Gasteiger charge is 2.19. The summed E-state index contributed by atoms with van der Waals surface area (Å²) in [6, 6.07) is 11.5. The molecule has 0 aliphatic rings. The average molecular weight is 390 g/mol. The van der Waals surface area contributed by atoms with E-state index in [2.05, 4.69) is 26.1 Å². The van der Waals surface area contributed by atoms with Crippen molar-refractivity contribution in [2.24, 2.45) is 0 Å². The molecule has 140 valence electrons. The second-order valence-electron chi connectivity index (χ2n) is 6.26. The molecule has 3 heterocycles. The van der Waals surface area contributed by atoms with E-state index in [1.54, 1.807) is 10.9 Å². The Morgan fingerprint density at radius 1 is 1.32 bits per heavy atom. The molecular weight excluding hydrogens is 372 g/mol. The molecule has 2 unspecified atom stereocenters. The van der Waals surface area contributed by atoms with Crippen LogP contribution in [0.2, 0.25) is 0 Å². The molecule has 7 nitrogen and oxygen atoms in total. The molecule has 2 atom stereocenters. The molecule has 0 aliphatic heterocycles. The SMILES string of the molecule is CC[S+]([O-])c1cccc(C(CC#N)n2cc(-c3ncnc4[nH]ccc34)cn2)c1. The number of rotatable bonds is 6. The van der Waals surface area contributed by atoms with Crippen LogP contribution in [-0.4, -0.2) is 35.0 Å². The number of nitrogens with zero attached hydrogens (tertiary/aromatic N) is 5. The van der Waals surface area contributed by atoms with Crippen LogP contribution in [-0.2, 0) is 11.2 Å². The van der Waals surface area contributed by atoms with Crippen molar-refractivity contribution in [1.29, 1.82) is 5.26 Å². The van der Waals surface area contributed by atoms with Gasteiger partial charge in [0.05, 0.1) is 30.4 Å². The number of H-pyrrole nitrogens is 1. The van der Waals surface area contributed by atoms with Crippen LogP contribution in [0, 0.1) is 11.3 Å². The Morgan fingerprint density at radius 3 is 3.04 bits per heavy atom. The lowest BCUT2D eigenvalue weighted by molar-refractivity contribution is 0.531. The van der Waals surface area contributed by atoms with Crippen LogP contribution < -0.4 is 0 Å². The van der Waals surface area contributed by atoms with E-state index in [1.807, 2.05) is 49.6 Å². The number of hydrogen-bond donors (Lipinski definition) is 1. The van der Waals surface area contributed by atoms with Crippen LogP contribution >= 0.6 is 0 Å². The monoisotopic (exact) mass is 390 g/mol. The summed E-state index contributed by atoms with van der Waals surface area (Å²) in [6.07, 6.45) is 7.23. The third kappa shape index (κ3) is 3.38. The molecule has 0 bridgehead atoms. The maximum absolute atomic E-state index is 12.2. The molecule has 3 aromatic heterocycles. The molecule has 28 heavy (non-hydrogen) atoms. The van der Waals surface area contributed by atoms with E-state index in [9.17, 15) is 9.81 Å². The Balaban J connectivity index is 1.73. The fraction of sp³-hybridized carbons (Fsp3) is 0.200. The molecule has 0 amide bonds. The van der Waals surface area contributed by atoms with Gasteiger partial charge in [0.25, 0.3) is 0 Å². The Bertz CT molecular complexity index is 1140. The molecule has 0 fully saturated rings. The molecule has 8 heteroatoms. The number of benzene rings is 1. The van der Waals surface area contributed by atoms with E-state index in [1.165, 1.54) is 6.33 Å². The lowest BCUT2D eigenvalue weighted by Crippen LogP contribution is -2.12. The Labute approximate surface area is 165 Å². The first-order valence-electron chi connectivity index (χ1n) is 8.89. The molecule has 0 radical (unpaired) electrons. The van der Waals surface area contributed by atoms with Crippen LogP contribution in [0.15, 0.2) is 60.1 Å². The zero-order valence-electron chi connectivity index (χ0n) is 15.2. The summed E-state index contributed by atoms with van der Waals surface area (Å²) in [4.78, 5) is 12.5. The zero-order chi connectivity index (χ0) is 19.5. The minimum atomic E-state index is -1.05. The first kappa shape index (κ1) is 18.2. The van der Waals surface area contributed by atoms with Crippen molar-refractivity contribution in [3.8, 4) is 17.3 Å². The van der Waals surface area contributed by atoms with Crippen molar-refractivity contribution in [2.75, 3.05) is 5.75 Å². The first-order chi connectivity index (χ1) is 13.7. The lowest BCUT2D eigenvalue weighted by Gasteiger charge is -2.16. The predicted molar refractivity (Wildman–Crippen MR) is 107 cm³/mol. The van der Waals surface area contributed by atoms with Crippen LogP contribution in [0.1, 0.15) is 24.9 Å². The van der Waals surface area contributed by atoms with Crippen LogP contribution in [0.4, 0.5) is 0 Å². The molecular formula is C20H18N6OS. The maximum Gasteiger partial charge on any atom is 0.153 e. The Morgan fingerprint density at radius 2 is 2.21 bits per heavy atom. The van der Waals surface area contributed by atoms with Gasteiger partial charge in [-0.1, -0.05) is 12.1 Å². The molecule has 1 N–H and O–H groups in total. The number of nitrogens with one attached hydrogen (secondary N) is 1. The molecule has 4 aromatic rings. The largest absolute Gasteiger partial charge is 0.611 e. The van der Waals surface area contributed by atoms with Gasteiger partial charge in [-0.2, -0.15) is 10.4 Å². The second kappa shape index (κ2) is 7.84. The van der Waals surface area contributed by atoms with Gasteiger partial charge in [0.1, 0.15) is 17.7 Å². The smallest absolute Gasteiger partial charge is 0.153 e. The van der Waals surface area contributed by atoms with E-state index in [-0.39, 0.29) is 12.5 Å². The van der Waals surface area contributed by atoms with Gasteiger partial charge in [0, 0.05) is 23.3 Å². The molecule has 1 aromatic carbocycles. The van der Waals surface area contributed by atoms with Gasteiger partial charge in [-0.25, -0.2) is 9.97 Å². The first-order valence-corrected chi connectivity index (χ1v) is 10.2. The highest BCUT2D eigenvalue weighted by atomic mass is 32.2. The van der Waals surface area contributed by atoms with E-state index in [4.69, 9.17) is 0 Å². The van der Waals surface area contributed by atoms with Gasteiger partial charge >= 0.3 is 0 Å². The van der Waals surface area contributed by atoms with Crippen molar-refractivity contribution in [1.82, 2.24) is 24.7 Å². The number of hydrogen-bond acceptors (Lipinski definition) is 5. The van der Waals surface area contributed by atoms with Crippen molar-refractivity contribution in [3.05, 3.63) is 60.8 Å². The van der Waals surface area contributed by atoms with Gasteiger partial charge in [0.15, 0.2) is 4.90 Å². The summed E-state index contributed by atoms with van der Waals surface area (Å²) in [6.45, 7) is 1.89. The molecule has 0 aliphatic carbocycles. The van der Waals surface area contributed by atoms with E-state index in [0.29, 0.717) is 5.75 Å². The van der Waals surface area contributed by atoms with Gasteiger partial charge in [-0.15, -0.1) is 0 Å². The summed E-state index contributed by atoms with van der Waals surface area (Å²) in [7, 11) is 0. The third-order valence-electron chi connectivity index (χ3n) is 4.60. The summed E-state index contributed by atoms with van der Waals surface area (Å²) < 4.78 is 13.9. The fourth-order valence-corrected chi connectivity index (χ4v) is 4.05. The van der Waals surface area contributed by atoms with E-state index < -0.39 is 11.2 Å². The fourth-order valence-electron chi connectivity index (χ4n) is 3.21. The van der Waals surface area contributed by atoms with Crippen molar-refractivity contribution >= 4 is 22.2 Å². The highest BCUT2D eigenvalue weighted by molar-refractivity contribution is 7.91. The van der Waals surface area contributed by atoms with E-state index >= 15 is 0 Å². The quantitative estimate of drug-likeness (QED) is 0.508. The van der Waals surface area contributed by atoms with Crippen LogP contribution in [0.3, 0.4) is 0 Å². The third-order valence-corrected chi connectivity index (χ3v) is 5.90. The summed E-state index contributed by atoms with van der Waals surface area (Å²) in [5, 5.41) is 14.8. The summed E-state index contributed by atoms with van der Waals surface area (Å²) in [5.41, 5.74) is 3.31. The topological polar surface area (TPSA) is 106 Å². The number of aromatic nitrogens is 5. The molecule has 0 saturated heterocycles. The number of fused-ring (bicyclic) bond motifs is 1. The zero-order valence-corrected chi connectivity index (χ0v) is 16.1. The van der Waals surface area contributed by atoms with Crippen molar-refractivity contribution in [3.63, 3.8) is 0 Å². The van der Waals surface area contributed by atoms with Crippen molar-refractivity contribution < 1.29 is 4.55 Å². The minimum absolute atomic E-state index is 0.257. The van der Waals surface area contributed by atoms with E-state index in [0.717, 1.165) is 32.7 Å². The summed E-state index contributed by atoms with van der Waals surface area (Å²) >= 11 is -1.05. The minimum Gasteiger partial charge on any atom is -0.611 e. The normalized spacial score (nSPS) is 13.3. The van der Waals surface area contributed by atoms with Crippen molar-refractivity contribution in [2.45, 2.75) is 24.3 Å². The van der Waals surface area contributed by atoms with Crippen LogP contribution in [0.25, 0.3) is 22.3 Å². The maximum atomic E-state index is 12.2. The van der Waals surface area contributed by atoms with Gasteiger partial charge in [-0.3, -0.25) is 4.68 Å². The van der Waals surface area contributed by atoms with Crippen LogP contribution in [0.5, 0.6) is 0 Å². The predicted octanol–water partition coefficient (Wildman–Crippen LogP) is 3.45. The standard InChI is InChI=1S/C20H18N6OS/c1-2-28(27)16-5-3-4-14(10-16)18(6-8-21)26-12-15(11-25-26)19-17-7-9-22-20(17)24-13-23-19/h3-5,7,9-13,18H,2,6H2,1H3,(H,22,23,24). The highest BCUT2D eigenvalue weighted by Crippen LogP contribution is 2.28.